The molecule has 0 spiro atoms. The molecule has 2 unspecified atom stereocenters. The van der Waals surface area contributed by atoms with Gasteiger partial charge in [-0.15, -0.1) is 0 Å². The molecule has 0 rings (SSSR count). The molecule has 2 N–H and O–H groups in total. The van der Waals surface area contributed by atoms with Gasteiger partial charge in [0.05, 0.1) is 6.04 Å². The van der Waals surface area contributed by atoms with Gasteiger partial charge in [0.15, 0.2) is 0 Å². The van der Waals surface area contributed by atoms with Crippen LogP contribution in [0.25, 0.3) is 0 Å². The normalized spacial score (nSPS) is 14.8. The average Bonchev–Trinajstić information content (AvgIpc) is 2.25. The number of nitrogens with one attached hydrogen (secondary N) is 1. The first-order valence-corrected chi connectivity index (χ1v) is 6.92. The fourth-order valence-electron chi connectivity index (χ4n) is 1.89. The quantitative estimate of drug-likeness (QED) is 0.704. The van der Waals surface area contributed by atoms with E-state index in [4.69, 9.17) is 5.11 Å². The molecular weight excluding hydrogens is 244 g/mol. The third-order valence-electron chi connectivity index (χ3n) is 2.86. The van der Waals surface area contributed by atoms with Crippen molar-refractivity contribution in [3.63, 3.8) is 0 Å². The van der Waals surface area contributed by atoms with Gasteiger partial charge in [-0.2, -0.15) is 0 Å². The van der Waals surface area contributed by atoms with E-state index < -0.39 is 12.0 Å². The molecule has 2 atom stereocenters. The van der Waals surface area contributed by atoms with Gasteiger partial charge in [-0.1, -0.05) is 27.7 Å². The zero-order chi connectivity index (χ0) is 15.2. The van der Waals surface area contributed by atoms with Gasteiger partial charge in [-0.3, -0.25) is 14.5 Å². The first kappa shape index (κ1) is 17.9. The summed E-state index contributed by atoms with van der Waals surface area (Å²) in [5.41, 5.74) is 0. The van der Waals surface area contributed by atoms with Crippen molar-refractivity contribution in [1.29, 1.82) is 0 Å². The molecule has 0 aromatic rings. The molecule has 19 heavy (non-hydrogen) atoms. The molecule has 0 aliphatic heterocycles. The molecular formula is C14H28N2O3. The topological polar surface area (TPSA) is 69.6 Å². The zero-order valence-electron chi connectivity index (χ0n) is 12.9. The van der Waals surface area contributed by atoms with Crippen LogP contribution in [-0.2, 0) is 9.59 Å². The van der Waals surface area contributed by atoms with Crippen molar-refractivity contribution in [2.45, 2.75) is 53.6 Å². The summed E-state index contributed by atoms with van der Waals surface area (Å²) < 4.78 is 0. The van der Waals surface area contributed by atoms with E-state index in [2.05, 4.69) is 37.9 Å². The van der Waals surface area contributed by atoms with Crippen LogP contribution in [0.3, 0.4) is 0 Å². The molecule has 5 nitrogen and oxygen atoms in total. The summed E-state index contributed by atoms with van der Waals surface area (Å²) in [5, 5.41) is 11.3. The molecule has 0 saturated heterocycles. The highest BCUT2D eigenvalue weighted by Crippen LogP contribution is 2.09. The Labute approximate surface area is 116 Å². The number of hydrogen-bond acceptors (Lipinski definition) is 3. The van der Waals surface area contributed by atoms with E-state index in [0.717, 1.165) is 13.1 Å². The van der Waals surface area contributed by atoms with Crippen molar-refractivity contribution in [2.24, 2.45) is 11.8 Å². The number of nitrogens with zero attached hydrogens (tertiary/aromatic N) is 1. The monoisotopic (exact) mass is 272 g/mol. The van der Waals surface area contributed by atoms with Crippen molar-refractivity contribution < 1.29 is 14.7 Å². The minimum atomic E-state index is -1.01. The van der Waals surface area contributed by atoms with E-state index in [9.17, 15) is 9.59 Å². The molecule has 0 aliphatic rings. The van der Waals surface area contributed by atoms with E-state index in [1.54, 1.807) is 0 Å². The Kier molecular flexibility index (Phi) is 7.68. The number of hydrogen-bond donors (Lipinski definition) is 2. The van der Waals surface area contributed by atoms with Crippen LogP contribution >= 0.6 is 0 Å². The molecule has 0 saturated carbocycles. The number of carbonyl (C=O) groups excluding carboxylic acids is 1. The Morgan fingerprint density at radius 3 is 1.74 bits per heavy atom. The predicted octanol–water partition coefficient (Wildman–Crippen LogP) is 1.58. The lowest BCUT2D eigenvalue weighted by molar-refractivity contribution is -0.142. The number of amides is 1. The maximum atomic E-state index is 12.0. The lowest BCUT2D eigenvalue weighted by atomic mass is 10.1. The second-order valence-corrected chi connectivity index (χ2v) is 5.99. The smallest absolute Gasteiger partial charge is 0.325 e. The molecule has 0 aromatic heterocycles. The molecule has 0 aromatic carbocycles. The molecule has 5 heteroatoms. The van der Waals surface area contributed by atoms with Crippen molar-refractivity contribution in [3.8, 4) is 0 Å². The Morgan fingerprint density at radius 2 is 1.42 bits per heavy atom. The van der Waals surface area contributed by atoms with Gasteiger partial charge < -0.3 is 10.4 Å². The number of aliphatic carboxylic acids is 1. The molecule has 0 bridgehead atoms. The lowest BCUT2D eigenvalue weighted by Crippen LogP contribution is -2.51. The van der Waals surface area contributed by atoms with Crippen LogP contribution in [-0.4, -0.2) is 47.1 Å². The molecule has 0 heterocycles. The van der Waals surface area contributed by atoms with Crippen molar-refractivity contribution >= 4 is 11.9 Å². The van der Waals surface area contributed by atoms with Gasteiger partial charge in [0, 0.05) is 13.1 Å². The third-order valence-corrected chi connectivity index (χ3v) is 2.86. The first-order chi connectivity index (χ1) is 8.65. The second kappa shape index (κ2) is 8.15. The number of carboxylic acids is 1. The summed E-state index contributed by atoms with van der Waals surface area (Å²) in [6, 6.07) is -1.17. The summed E-state index contributed by atoms with van der Waals surface area (Å²) in [5.74, 6) is -0.312. The summed E-state index contributed by atoms with van der Waals surface area (Å²) in [7, 11) is 0. The lowest BCUT2D eigenvalue weighted by Gasteiger charge is -2.31. The average molecular weight is 272 g/mol. The molecule has 1 amide bonds. The number of carboxylic acid groups (broad SMARTS) is 1. The van der Waals surface area contributed by atoms with Gasteiger partial charge in [0.2, 0.25) is 5.91 Å². The third kappa shape index (κ3) is 7.15. The Morgan fingerprint density at radius 1 is 1.00 bits per heavy atom. The van der Waals surface area contributed by atoms with E-state index in [-0.39, 0.29) is 11.9 Å². The summed E-state index contributed by atoms with van der Waals surface area (Å²) in [6.07, 6.45) is 0. The van der Waals surface area contributed by atoms with E-state index >= 15 is 0 Å². The molecule has 112 valence electrons. The van der Waals surface area contributed by atoms with E-state index in [0.29, 0.717) is 11.8 Å². The Bertz CT molecular complexity index is 293. The first-order valence-electron chi connectivity index (χ1n) is 6.92. The predicted molar refractivity (Wildman–Crippen MR) is 76.0 cm³/mol. The summed E-state index contributed by atoms with van der Waals surface area (Å²) >= 11 is 0. The zero-order valence-corrected chi connectivity index (χ0v) is 12.9. The minimum Gasteiger partial charge on any atom is -0.480 e. The van der Waals surface area contributed by atoms with Crippen LogP contribution in [0.1, 0.15) is 41.5 Å². The fraction of sp³-hybridized carbons (Fsp3) is 0.857. The Balaban J connectivity index is 4.63. The van der Waals surface area contributed by atoms with Crippen LogP contribution in [0, 0.1) is 11.8 Å². The molecule has 0 radical (unpaired) electrons. The number of carbonyl (C=O) groups is 2. The standard InChI is InChI=1S/C14H28N2O3/c1-9(2)7-16(8-10(3)4)12(6)13(17)15-11(5)14(18)19/h9-12H,7-8H2,1-6H3,(H,15,17)(H,18,19). The van der Waals surface area contributed by atoms with Crippen LogP contribution in [0.5, 0.6) is 0 Å². The van der Waals surface area contributed by atoms with E-state index in [1.807, 2.05) is 6.92 Å². The SMILES string of the molecule is CC(C)CN(CC(C)C)C(C)C(=O)NC(C)C(=O)O. The van der Waals surface area contributed by atoms with Crippen LogP contribution < -0.4 is 5.32 Å². The molecule has 0 aliphatic carbocycles. The van der Waals surface area contributed by atoms with Crippen LogP contribution in [0.15, 0.2) is 0 Å². The van der Waals surface area contributed by atoms with Crippen LogP contribution in [0.2, 0.25) is 0 Å². The van der Waals surface area contributed by atoms with E-state index in [1.165, 1.54) is 6.92 Å². The highest BCUT2D eigenvalue weighted by atomic mass is 16.4. The van der Waals surface area contributed by atoms with Gasteiger partial charge in [-0.05, 0) is 25.7 Å². The minimum absolute atomic E-state index is 0.226. The van der Waals surface area contributed by atoms with Crippen molar-refractivity contribution in [3.05, 3.63) is 0 Å². The Hall–Kier alpha value is -1.10. The largest absolute Gasteiger partial charge is 0.480 e. The number of rotatable bonds is 8. The highest BCUT2D eigenvalue weighted by Gasteiger charge is 2.25. The van der Waals surface area contributed by atoms with Crippen molar-refractivity contribution in [2.75, 3.05) is 13.1 Å². The van der Waals surface area contributed by atoms with Crippen molar-refractivity contribution in [1.82, 2.24) is 10.2 Å². The second-order valence-electron chi connectivity index (χ2n) is 5.99. The molecule has 0 fully saturated rings. The van der Waals surface area contributed by atoms with Gasteiger partial charge >= 0.3 is 5.97 Å². The van der Waals surface area contributed by atoms with Crippen LogP contribution in [0.4, 0.5) is 0 Å². The summed E-state index contributed by atoms with van der Waals surface area (Å²) in [4.78, 5) is 24.9. The van der Waals surface area contributed by atoms with Gasteiger partial charge in [-0.25, -0.2) is 0 Å². The maximum absolute atomic E-state index is 12.0. The maximum Gasteiger partial charge on any atom is 0.325 e. The highest BCUT2D eigenvalue weighted by molar-refractivity contribution is 5.86. The fourth-order valence-corrected chi connectivity index (χ4v) is 1.89. The van der Waals surface area contributed by atoms with Gasteiger partial charge in [0.25, 0.3) is 0 Å². The van der Waals surface area contributed by atoms with Gasteiger partial charge in [0.1, 0.15) is 6.04 Å². The summed E-state index contributed by atoms with van der Waals surface area (Å²) in [6.45, 7) is 13.4.